The van der Waals surface area contributed by atoms with E-state index >= 15 is 0 Å². The number of allylic oxidation sites excluding steroid dienone is 1. The molecule has 23 heavy (non-hydrogen) atoms. The summed E-state index contributed by atoms with van der Waals surface area (Å²) in [6.45, 7) is 10.5. The van der Waals surface area contributed by atoms with Crippen LogP contribution in [-0.4, -0.2) is 11.7 Å². The molecule has 0 saturated carbocycles. The Hall–Kier alpha value is -2.04. The molecule has 0 saturated heterocycles. The highest BCUT2D eigenvalue weighted by molar-refractivity contribution is 6.08. The third-order valence-electron chi connectivity index (χ3n) is 3.38. The van der Waals surface area contributed by atoms with Gasteiger partial charge in [-0.15, -0.1) is 0 Å². The lowest BCUT2D eigenvalue weighted by atomic mass is 9.95. The van der Waals surface area contributed by atoms with E-state index in [4.69, 9.17) is 0 Å². The first kappa shape index (κ1) is 19.0. The van der Waals surface area contributed by atoms with Crippen LogP contribution in [0.25, 0.3) is 0 Å². The summed E-state index contributed by atoms with van der Waals surface area (Å²) in [6.07, 6.45) is 2.17. The van der Waals surface area contributed by atoms with Gasteiger partial charge in [0.1, 0.15) is 17.3 Å². The van der Waals surface area contributed by atoms with Gasteiger partial charge in [-0.2, -0.15) is 0 Å². The van der Waals surface area contributed by atoms with Crippen molar-refractivity contribution < 1.29 is 18.4 Å². The molecule has 0 heterocycles. The third-order valence-corrected chi connectivity index (χ3v) is 3.38. The first-order valence-corrected chi connectivity index (χ1v) is 7.61. The Bertz CT molecular complexity index is 607. The Morgan fingerprint density at radius 1 is 1.17 bits per heavy atom. The highest BCUT2D eigenvalue weighted by Crippen LogP contribution is 2.25. The average Bonchev–Trinajstić information content (AvgIpc) is 2.46. The maximum absolute atomic E-state index is 14.1. The summed E-state index contributed by atoms with van der Waals surface area (Å²) in [6, 6.07) is 1.86. The second-order valence-corrected chi connectivity index (χ2v) is 6.56. The molecule has 0 atom stereocenters. The van der Waals surface area contributed by atoms with Gasteiger partial charge in [-0.25, -0.2) is 8.78 Å². The summed E-state index contributed by atoms with van der Waals surface area (Å²) >= 11 is 0. The van der Waals surface area contributed by atoms with E-state index in [0.717, 1.165) is 25.0 Å². The number of amides is 1. The second kappa shape index (κ2) is 7.49. The van der Waals surface area contributed by atoms with E-state index in [-0.39, 0.29) is 5.56 Å². The van der Waals surface area contributed by atoms with Gasteiger partial charge >= 0.3 is 0 Å². The van der Waals surface area contributed by atoms with Gasteiger partial charge in [0.25, 0.3) is 0 Å². The van der Waals surface area contributed by atoms with E-state index in [1.807, 2.05) is 6.92 Å². The lowest BCUT2D eigenvalue weighted by molar-refractivity contribution is -0.123. The topological polar surface area (TPSA) is 46.2 Å². The molecule has 1 rings (SSSR count). The molecule has 0 bridgehead atoms. The molecule has 5 heteroatoms. The molecule has 0 radical (unpaired) electrons. The quantitative estimate of drug-likeness (QED) is 0.599. The van der Waals surface area contributed by atoms with E-state index in [2.05, 4.69) is 11.9 Å². The molecule has 1 amide bonds. The van der Waals surface area contributed by atoms with Gasteiger partial charge in [-0.05, 0) is 30.5 Å². The SMILES string of the molecule is C=C(CCCC)C(=O)c1cc(F)c(NC(=O)C(C)(C)C)c(F)c1. The molecular weight excluding hydrogens is 300 g/mol. The molecule has 126 valence electrons. The van der Waals surface area contributed by atoms with E-state index in [0.29, 0.717) is 12.0 Å². The molecule has 0 aliphatic carbocycles. The summed E-state index contributed by atoms with van der Waals surface area (Å²) in [4.78, 5) is 24.0. The standard InChI is InChI=1S/C18H23F2NO2/c1-6-7-8-11(2)16(22)12-9-13(19)15(14(20)10-12)21-17(23)18(3,4)5/h9-10H,2,6-8H2,1,3-5H3,(H,21,23). The molecular formula is C18H23F2NO2. The molecule has 1 N–H and O–H groups in total. The van der Waals surface area contributed by atoms with Crippen LogP contribution in [-0.2, 0) is 4.79 Å². The first-order chi connectivity index (χ1) is 10.6. The van der Waals surface area contributed by atoms with E-state index < -0.39 is 34.4 Å². The number of benzene rings is 1. The molecule has 0 fully saturated rings. The van der Waals surface area contributed by atoms with Crippen LogP contribution in [0.5, 0.6) is 0 Å². The number of carbonyl (C=O) groups is 2. The normalized spacial score (nSPS) is 11.2. The number of unbranched alkanes of at least 4 members (excludes halogenated alkanes) is 1. The number of rotatable bonds is 6. The highest BCUT2D eigenvalue weighted by Gasteiger charge is 2.25. The fraction of sp³-hybridized carbons (Fsp3) is 0.444. The number of Topliss-reactive ketones (excluding diaryl/α,β-unsaturated/α-hetero) is 1. The molecule has 1 aromatic rings. The lowest BCUT2D eigenvalue weighted by Crippen LogP contribution is -2.28. The van der Waals surface area contributed by atoms with Crippen molar-refractivity contribution in [3.8, 4) is 0 Å². The Morgan fingerprint density at radius 3 is 2.13 bits per heavy atom. The van der Waals surface area contributed by atoms with Crippen molar-refractivity contribution in [2.75, 3.05) is 5.32 Å². The summed E-state index contributed by atoms with van der Waals surface area (Å²) < 4.78 is 28.2. The predicted octanol–water partition coefficient (Wildman–Crippen LogP) is 4.88. The zero-order valence-electron chi connectivity index (χ0n) is 14.1. The molecule has 3 nitrogen and oxygen atoms in total. The Labute approximate surface area is 135 Å². The van der Waals surface area contributed by atoms with E-state index in [9.17, 15) is 18.4 Å². The fourth-order valence-corrected chi connectivity index (χ4v) is 1.83. The van der Waals surface area contributed by atoms with Gasteiger partial charge in [0.15, 0.2) is 5.78 Å². The maximum Gasteiger partial charge on any atom is 0.229 e. The number of hydrogen-bond donors (Lipinski definition) is 1. The third kappa shape index (κ3) is 4.98. The minimum Gasteiger partial charge on any atom is -0.321 e. The molecule has 0 spiro atoms. The Kier molecular flexibility index (Phi) is 6.19. The second-order valence-electron chi connectivity index (χ2n) is 6.56. The number of nitrogens with one attached hydrogen (secondary N) is 1. The predicted molar refractivity (Wildman–Crippen MR) is 87.4 cm³/mol. The average molecular weight is 323 g/mol. The molecule has 0 aromatic heterocycles. The van der Waals surface area contributed by atoms with Crippen LogP contribution in [0, 0.1) is 17.0 Å². The van der Waals surface area contributed by atoms with E-state index in [1.54, 1.807) is 20.8 Å². The van der Waals surface area contributed by atoms with Gasteiger partial charge in [0, 0.05) is 11.0 Å². The fourth-order valence-electron chi connectivity index (χ4n) is 1.83. The van der Waals surface area contributed by atoms with Crippen LogP contribution < -0.4 is 5.32 Å². The minimum absolute atomic E-state index is 0.102. The van der Waals surface area contributed by atoms with Crippen LogP contribution in [0.15, 0.2) is 24.3 Å². The monoisotopic (exact) mass is 323 g/mol. The van der Waals surface area contributed by atoms with Crippen LogP contribution in [0.2, 0.25) is 0 Å². The molecule has 0 unspecified atom stereocenters. The molecule has 0 aliphatic rings. The lowest BCUT2D eigenvalue weighted by Gasteiger charge is -2.18. The van der Waals surface area contributed by atoms with Gasteiger partial charge in [0.2, 0.25) is 5.91 Å². The summed E-state index contributed by atoms with van der Waals surface area (Å²) in [7, 11) is 0. The number of halogens is 2. The van der Waals surface area contributed by atoms with E-state index in [1.165, 1.54) is 0 Å². The van der Waals surface area contributed by atoms with Crippen molar-refractivity contribution in [2.24, 2.45) is 5.41 Å². The van der Waals surface area contributed by atoms with Crippen molar-refractivity contribution >= 4 is 17.4 Å². The minimum atomic E-state index is -0.978. The zero-order valence-corrected chi connectivity index (χ0v) is 14.1. The zero-order chi connectivity index (χ0) is 17.8. The summed E-state index contributed by atoms with van der Waals surface area (Å²) in [5.74, 6) is -2.95. The summed E-state index contributed by atoms with van der Waals surface area (Å²) in [5, 5.41) is 2.23. The highest BCUT2D eigenvalue weighted by atomic mass is 19.1. The van der Waals surface area contributed by atoms with Gasteiger partial charge in [-0.3, -0.25) is 9.59 Å². The van der Waals surface area contributed by atoms with Gasteiger partial charge in [-0.1, -0.05) is 40.7 Å². The largest absolute Gasteiger partial charge is 0.321 e. The van der Waals surface area contributed by atoms with Crippen molar-refractivity contribution in [1.29, 1.82) is 0 Å². The van der Waals surface area contributed by atoms with Crippen LogP contribution >= 0.6 is 0 Å². The smallest absolute Gasteiger partial charge is 0.229 e. The Balaban J connectivity index is 3.04. The first-order valence-electron chi connectivity index (χ1n) is 7.61. The van der Waals surface area contributed by atoms with Crippen LogP contribution in [0.1, 0.15) is 57.3 Å². The van der Waals surface area contributed by atoms with Gasteiger partial charge in [0.05, 0.1) is 0 Å². The summed E-state index contributed by atoms with van der Waals surface area (Å²) in [5.41, 5.74) is -1.12. The van der Waals surface area contributed by atoms with Crippen molar-refractivity contribution in [1.82, 2.24) is 0 Å². The van der Waals surface area contributed by atoms with Crippen molar-refractivity contribution in [3.63, 3.8) is 0 Å². The van der Waals surface area contributed by atoms with Crippen molar-refractivity contribution in [3.05, 3.63) is 41.5 Å². The number of anilines is 1. The van der Waals surface area contributed by atoms with Crippen LogP contribution in [0.4, 0.5) is 14.5 Å². The number of ketones is 1. The Morgan fingerprint density at radius 2 is 1.70 bits per heavy atom. The van der Waals surface area contributed by atoms with Crippen molar-refractivity contribution in [2.45, 2.75) is 47.0 Å². The van der Waals surface area contributed by atoms with Gasteiger partial charge < -0.3 is 5.32 Å². The maximum atomic E-state index is 14.1. The van der Waals surface area contributed by atoms with Crippen LogP contribution in [0.3, 0.4) is 0 Å². The number of hydrogen-bond acceptors (Lipinski definition) is 2. The molecule has 0 aliphatic heterocycles. The number of carbonyl (C=O) groups excluding carboxylic acids is 2. The molecule has 1 aromatic carbocycles.